The van der Waals surface area contributed by atoms with E-state index in [4.69, 9.17) is 0 Å². The van der Waals surface area contributed by atoms with E-state index < -0.39 is 4.92 Å². The van der Waals surface area contributed by atoms with Gasteiger partial charge in [0.25, 0.3) is 11.6 Å². The zero-order valence-electron chi connectivity index (χ0n) is 13.5. The van der Waals surface area contributed by atoms with Gasteiger partial charge in [0, 0.05) is 23.4 Å². The number of hydrogen-bond acceptors (Lipinski definition) is 6. The molecule has 1 atom stereocenters. The highest BCUT2D eigenvalue weighted by molar-refractivity contribution is 7.99. The fourth-order valence-electron chi connectivity index (χ4n) is 1.89. The highest BCUT2D eigenvalue weighted by Crippen LogP contribution is 2.21. The molecular weight excluding hydrogens is 342 g/mol. The van der Waals surface area contributed by atoms with Crippen molar-refractivity contribution in [3.05, 3.63) is 69.8 Å². The van der Waals surface area contributed by atoms with Gasteiger partial charge in [0.1, 0.15) is 5.75 Å². The highest BCUT2D eigenvalue weighted by Gasteiger charge is 2.13. The minimum absolute atomic E-state index is 0.152. The number of carbonyl (C=O) groups is 1. The molecule has 0 aliphatic heterocycles. The number of hydrogen-bond donors (Lipinski definition) is 2. The van der Waals surface area contributed by atoms with Crippen LogP contribution in [0.5, 0.6) is 5.75 Å². The molecule has 0 aromatic heterocycles. The molecule has 0 saturated heterocycles. The zero-order valence-corrected chi connectivity index (χ0v) is 14.3. The van der Waals surface area contributed by atoms with E-state index in [1.807, 2.05) is 30.3 Å². The number of carbonyl (C=O) groups excluding carboxylic acids is 1. The van der Waals surface area contributed by atoms with Crippen LogP contribution < -0.4 is 5.43 Å². The van der Waals surface area contributed by atoms with E-state index in [1.165, 1.54) is 36.2 Å². The summed E-state index contributed by atoms with van der Waals surface area (Å²) in [4.78, 5) is 22.2. The number of nitrogens with zero attached hydrogens (tertiary/aromatic N) is 2. The van der Waals surface area contributed by atoms with Gasteiger partial charge in [-0.1, -0.05) is 30.3 Å². The summed E-state index contributed by atoms with van der Waals surface area (Å²) in [5, 5.41) is 23.8. The van der Waals surface area contributed by atoms with Gasteiger partial charge in [-0.05, 0) is 18.6 Å². The third-order valence-electron chi connectivity index (χ3n) is 3.31. The van der Waals surface area contributed by atoms with Crippen LogP contribution in [0.3, 0.4) is 0 Å². The molecular formula is C17H17N3O4S. The van der Waals surface area contributed by atoms with Crippen LogP contribution in [0.15, 0.2) is 53.6 Å². The summed E-state index contributed by atoms with van der Waals surface area (Å²) in [6.45, 7) is 1.77. The summed E-state index contributed by atoms with van der Waals surface area (Å²) >= 11 is 1.47. The summed E-state index contributed by atoms with van der Waals surface area (Å²) in [7, 11) is 0. The summed E-state index contributed by atoms with van der Waals surface area (Å²) in [6, 6.07) is 13.4. The molecule has 0 spiro atoms. The maximum atomic E-state index is 12.0. The van der Waals surface area contributed by atoms with Crippen LogP contribution in [0, 0.1) is 10.1 Å². The Morgan fingerprint density at radius 3 is 2.76 bits per heavy atom. The second kappa shape index (κ2) is 8.84. The van der Waals surface area contributed by atoms with E-state index in [0.717, 1.165) is 5.56 Å². The molecule has 0 radical (unpaired) electrons. The van der Waals surface area contributed by atoms with Crippen LogP contribution >= 0.6 is 11.8 Å². The lowest BCUT2D eigenvalue weighted by atomic mass is 10.2. The van der Waals surface area contributed by atoms with E-state index >= 15 is 0 Å². The van der Waals surface area contributed by atoms with Crippen LogP contribution in [0.4, 0.5) is 5.69 Å². The van der Waals surface area contributed by atoms with Crippen molar-refractivity contribution in [2.24, 2.45) is 5.10 Å². The van der Waals surface area contributed by atoms with Crippen molar-refractivity contribution in [2.45, 2.75) is 17.9 Å². The summed E-state index contributed by atoms with van der Waals surface area (Å²) < 4.78 is 0. The predicted molar refractivity (Wildman–Crippen MR) is 97.7 cm³/mol. The number of rotatable bonds is 7. The molecule has 0 aliphatic carbocycles. The van der Waals surface area contributed by atoms with Gasteiger partial charge in [0.2, 0.25) is 0 Å². The number of phenolic OH excluding ortho intramolecular Hbond substituents is 1. The molecule has 0 unspecified atom stereocenters. The Kier molecular flexibility index (Phi) is 6.53. The van der Waals surface area contributed by atoms with E-state index in [-0.39, 0.29) is 28.2 Å². The quantitative estimate of drug-likeness (QED) is 0.449. The predicted octanol–water partition coefficient (Wildman–Crippen LogP) is 3.07. The summed E-state index contributed by atoms with van der Waals surface area (Å²) in [6.07, 6.45) is 1.18. The summed E-state index contributed by atoms with van der Waals surface area (Å²) in [5.74, 6) is 0.252. The second-order valence-corrected chi connectivity index (χ2v) is 6.50. The SMILES string of the molecule is C[C@H](SCc1ccccc1)C(=O)N/N=C\c1cc([N+](=O)[O-])ccc1O. The Bertz CT molecular complexity index is 781. The van der Waals surface area contributed by atoms with E-state index in [2.05, 4.69) is 10.5 Å². The smallest absolute Gasteiger partial charge is 0.270 e. The molecule has 0 saturated carbocycles. The molecule has 2 N–H and O–H groups in total. The highest BCUT2D eigenvalue weighted by atomic mass is 32.2. The average Bonchev–Trinajstić information content (AvgIpc) is 2.61. The molecule has 7 nitrogen and oxygen atoms in total. The van der Waals surface area contributed by atoms with Crippen LogP contribution in [-0.4, -0.2) is 27.4 Å². The van der Waals surface area contributed by atoms with E-state index in [9.17, 15) is 20.0 Å². The average molecular weight is 359 g/mol. The van der Waals surface area contributed by atoms with Gasteiger partial charge in [0.05, 0.1) is 16.4 Å². The third kappa shape index (κ3) is 5.61. The molecule has 2 rings (SSSR count). The Hall–Kier alpha value is -2.87. The Morgan fingerprint density at radius 2 is 2.08 bits per heavy atom. The molecule has 2 aromatic rings. The molecule has 0 bridgehead atoms. The zero-order chi connectivity index (χ0) is 18.2. The first-order chi connectivity index (χ1) is 12.0. The fourth-order valence-corrected chi connectivity index (χ4v) is 2.73. The summed E-state index contributed by atoms with van der Waals surface area (Å²) in [5.41, 5.74) is 3.48. The number of non-ortho nitro benzene ring substituents is 1. The van der Waals surface area contributed by atoms with Gasteiger partial charge in [-0.15, -0.1) is 11.8 Å². The maximum Gasteiger partial charge on any atom is 0.270 e. The molecule has 0 aliphatic rings. The first-order valence-electron chi connectivity index (χ1n) is 7.43. The molecule has 2 aromatic carbocycles. The molecule has 0 heterocycles. The normalized spacial score (nSPS) is 12.0. The number of thioether (sulfide) groups is 1. The van der Waals surface area contributed by atoms with Gasteiger partial charge in [-0.2, -0.15) is 5.10 Å². The van der Waals surface area contributed by atoms with Crippen LogP contribution in [0.25, 0.3) is 0 Å². The van der Waals surface area contributed by atoms with Crippen LogP contribution in [0.2, 0.25) is 0 Å². The molecule has 8 heteroatoms. The van der Waals surface area contributed by atoms with Gasteiger partial charge in [0.15, 0.2) is 0 Å². The first kappa shape index (κ1) is 18.5. The Morgan fingerprint density at radius 1 is 1.36 bits per heavy atom. The maximum absolute atomic E-state index is 12.0. The topological polar surface area (TPSA) is 105 Å². The van der Waals surface area contributed by atoms with Crippen LogP contribution in [0.1, 0.15) is 18.1 Å². The Balaban J connectivity index is 1.89. The van der Waals surface area contributed by atoms with Gasteiger partial charge >= 0.3 is 0 Å². The van der Waals surface area contributed by atoms with Crippen molar-refractivity contribution in [3.63, 3.8) is 0 Å². The van der Waals surface area contributed by atoms with Crippen molar-refractivity contribution >= 4 is 29.6 Å². The van der Waals surface area contributed by atoms with Crippen LogP contribution in [-0.2, 0) is 10.5 Å². The third-order valence-corrected chi connectivity index (χ3v) is 4.53. The Labute approximate surface area is 148 Å². The monoisotopic (exact) mass is 359 g/mol. The largest absolute Gasteiger partial charge is 0.507 e. The standard InChI is InChI=1S/C17H17N3O4S/c1-12(25-11-13-5-3-2-4-6-13)17(22)19-18-10-14-9-15(20(23)24)7-8-16(14)21/h2-10,12,21H,11H2,1H3,(H,19,22)/b18-10-/t12-/m0/s1. The number of hydrazone groups is 1. The second-order valence-electron chi connectivity index (χ2n) is 5.17. The van der Waals surface area contributed by atoms with Crippen molar-refractivity contribution in [1.82, 2.24) is 5.43 Å². The lowest BCUT2D eigenvalue weighted by Crippen LogP contribution is -2.27. The van der Waals surface area contributed by atoms with Gasteiger partial charge in [-0.25, -0.2) is 5.43 Å². The minimum atomic E-state index is -0.572. The van der Waals surface area contributed by atoms with Gasteiger partial charge in [-0.3, -0.25) is 14.9 Å². The number of benzene rings is 2. The van der Waals surface area contributed by atoms with E-state index in [1.54, 1.807) is 6.92 Å². The number of amides is 1. The number of nitro groups is 1. The van der Waals surface area contributed by atoms with Crippen molar-refractivity contribution < 1.29 is 14.8 Å². The molecule has 130 valence electrons. The number of phenols is 1. The van der Waals surface area contributed by atoms with Crippen molar-refractivity contribution in [1.29, 1.82) is 0 Å². The molecule has 1 amide bonds. The minimum Gasteiger partial charge on any atom is -0.507 e. The van der Waals surface area contributed by atoms with Gasteiger partial charge < -0.3 is 5.11 Å². The number of nitro benzene ring substituents is 1. The number of nitrogens with one attached hydrogen (secondary N) is 1. The lowest BCUT2D eigenvalue weighted by Gasteiger charge is -2.09. The number of aromatic hydroxyl groups is 1. The first-order valence-corrected chi connectivity index (χ1v) is 8.48. The lowest BCUT2D eigenvalue weighted by molar-refractivity contribution is -0.384. The van der Waals surface area contributed by atoms with Crippen molar-refractivity contribution in [3.8, 4) is 5.75 Å². The molecule has 25 heavy (non-hydrogen) atoms. The van der Waals surface area contributed by atoms with Crippen molar-refractivity contribution in [2.75, 3.05) is 0 Å². The van der Waals surface area contributed by atoms with E-state index in [0.29, 0.717) is 5.75 Å². The fraction of sp³-hybridized carbons (Fsp3) is 0.176. The molecule has 0 fully saturated rings.